The highest BCUT2D eigenvalue weighted by molar-refractivity contribution is 7.99. The summed E-state index contributed by atoms with van der Waals surface area (Å²) in [6.07, 6.45) is 2.40. The van der Waals surface area contributed by atoms with Crippen molar-refractivity contribution >= 4 is 17.7 Å². The molecule has 1 aromatic heterocycles. The van der Waals surface area contributed by atoms with Gasteiger partial charge in [-0.3, -0.25) is 4.79 Å². The molecule has 1 aromatic rings. The van der Waals surface area contributed by atoms with Crippen LogP contribution in [0.5, 0.6) is 0 Å². The van der Waals surface area contributed by atoms with E-state index in [-0.39, 0.29) is 11.9 Å². The fourth-order valence-corrected chi connectivity index (χ4v) is 2.36. The fourth-order valence-electron chi connectivity index (χ4n) is 1.56. The Balaban J connectivity index is 2.62. The van der Waals surface area contributed by atoms with Crippen LogP contribution in [0.2, 0.25) is 0 Å². The van der Waals surface area contributed by atoms with Crippen LogP contribution in [0.25, 0.3) is 0 Å². The normalized spacial score (nSPS) is 11.7. The Morgan fingerprint density at radius 1 is 1.58 bits per heavy atom. The van der Waals surface area contributed by atoms with Crippen molar-refractivity contribution in [2.75, 3.05) is 18.6 Å². The van der Waals surface area contributed by atoms with Crippen molar-refractivity contribution in [1.82, 2.24) is 9.88 Å². The van der Waals surface area contributed by atoms with Gasteiger partial charge in [-0.25, -0.2) is 4.98 Å². The van der Waals surface area contributed by atoms with Gasteiger partial charge in [-0.1, -0.05) is 6.92 Å². The molecular weight excluding hydrogens is 258 g/mol. The van der Waals surface area contributed by atoms with Crippen LogP contribution >= 0.6 is 11.8 Å². The predicted octanol–water partition coefficient (Wildman–Crippen LogP) is 2.56. The molecule has 102 valence electrons. The summed E-state index contributed by atoms with van der Waals surface area (Å²) in [4.78, 5) is 17.9. The number of aromatic nitrogens is 1. The van der Waals surface area contributed by atoms with E-state index in [4.69, 9.17) is 5.26 Å². The first-order valence-electron chi connectivity index (χ1n) is 6.31. The fraction of sp³-hybridized carbons (Fsp3) is 0.500. The maximum Gasteiger partial charge on any atom is 0.272 e. The Bertz CT molecular complexity index is 453. The lowest BCUT2D eigenvalue weighted by Gasteiger charge is -2.24. The van der Waals surface area contributed by atoms with Crippen LogP contribution in [-0.2, 0) is 0 Å². The largest absolute Gasteiger partial charge is 0.338 e. The van der Waals surface area contributed by atoms with E-state index in [0.29, 0.717) is 11.3 Å². The molecule has 0 aliphatic heterocycles. The second-order valence-corrected chi connectivity index (χ2v) is 5.69. The van der Waals surface area contributed by atoms with Gasteiger partial charge in [0.25, 0.3) is 5.91 Å². The monoisotopic (exact) mass is 277 g/mol. The molecule has 0 N–H and O–H groups in total. The molecule has 0 fully saturated rings. The molecule has 19 heavy (non-hydrogen) atoms. The van der Waals surface area contributed by atoms with Crippen LogP contribution in [0.4, 0.5) is 0 Å². The van der Waals surface area contributed by atoms with Crippen LogP contribution < -0.4 is 0 Å². The molecule has 1 heterocycles. The lowest BCUT2D eigenvalue weighted by atomic mass is 10.2. The number of nitrogens with zero attached hydrogens (tertiary/aromatic N) is 3. The van der Waals surface area contributed by atoms with Gasteiger partial charge in [-0.2, -0.15) is 17.0 Å². The summed E-state index contributed by atoms with van der Waals surface area (Å²) in [5, 5.41) is 8.70. The lowest BCUT2D eigenvalue weighted by Crippen LogP contribution is -2.35. The Hall–Kier alpha value is -1.54. The van der Waals surface area contributed by atoms with Gasteiger partial charge in [0.05, 0.1) is 5.56 Å². The maximum absolute atomic E-state index is 12.2. The summed E-state index contributed by atoms with van der Waals surface area (Å²) in [5.74, 6) is 2.05. The maximum atomic E-state index is 12.2. The first kappa shape index (κ1) is 15.5. The highest BCUT2D eigenvalue weighted by atomic mass is 32.2. The lowest BCUT2D eigenvalue weighted by molar-refractivity contribution is 0.0735. The molecule has 0 aromatic carbocycles. The van der Waals surface area contributed by atoms with E-state index < -0.39 is 0 Å². The van der Waals surface area contributed by atoms with E-state index in [1.165, 1.54) is 6.20 Å². The van der Waals surface area contributed by atoms with Crippen molar-refractivity contribution in [3.63, 3.8) is 0 Å². The number of carbonyl (C=O) groups is 1. The van der Waals surface area contributed by atoms with Gasteiger partial charge in [0.2, 0.25) is 0 Å². The molecule has 4 nitrogen and oxygen atoms in total. The minimum absolute atomic E-state index is 0.0986. The molecule has 5 heteroatoms. The Morgan fingerprint density at radius 3 is 2.84 bits per heavy atom. The van der Waals surface area contributed by atoms with Crippen LogP contribution in [0.1, 0.15) is 36.3 Å². The number of amides is 1. The van der Waals surface area contributed by atoms with E-state index in [1.54, 1.807) is 24.1 Å². The van der Waals surface area contributed by atoms with Gasteiger partial charge in [-0.15, -0.1) is 0 Å². The highest BCUT2D eigenvalue weighted by Gasteiger charge is 2.18. The average molecular weight is 277 g/mol. The smallest absolute Gasteiger partial charge is 0.272 e. The van der Waals surface area contributed by atoms with Crippen molar-refractivity contribution in [3.05, 3.63) is 29.6 Å². The first-order valence-corrected chi connectivity index (χ1v) is 7.46. The highest BCUT2D eigenvalue weighted by Crippen LogP contribution is 2.11. The summed E-state index contributed by atoms with van der Waals surface area (Å²) in [7, 11) is 1.80. The summed E-state index contributed by atoms with van der Waals surface area (Å²) < 4.78 is 0. The molecule has 0 aliphatic carbocycles. The second-order valence-electron chi connectivity index (χ2n) is 4.29. The SMILES string of the molecule is CCSCC[C@H](C)N(C)C(=O)c1ccc(C#N)cn1. The van der Waals surface area contributed by atoms with Crippen molar-refractivity contribution in [1.29, 1.82) is 5.26 Å². The minimum Gasteiger partial charge on any atom is -0.338 e. The molecule has 0 bridgehead atoms. The molecule has 1 rings (SSSR count). The third-order valence-corrected chi connectivity index (χ3v) is 3.91. The molecule has 0 unspecified atom stereocenters. The van der Waals surface area contributed by atoms with Gasteiger partial charge in [0.15, 0.2) is 0 Å². The van der Waals surface area contributed by atoms with E-state index in [1.807, 2.05) is 24.8 Å². The zero-order valence-electron chi connectivity index (χ0n) is 11.6. The topological polar surface area (TPSA) is 57.0 Å². The zero-order chi connectivity index (χ0) is 14.3. The van der Waals surface area contributed by atoms with E-state index in [9.17, 15) is 4.79 Å². The van der Waals surface area contributed by atoms with Crippen molar-refractivity contribution in [2.45, 2.75) is 26.3 Å². The third-order valence-electron chi connectivity index (χ3n) is 2.98. The van der Waals surface area contributed by atoms with E-state index in [0.717, 1.165) is 17.9 Å². The number of hydrogen-bond donors (Lipinski definition) is 0. The van der Waals surface area contributed by atoms with Gasteiger partial charge >= 0.3 is 0 Å². The number of hydrogen-bond acceptors (Lipinski definition) is 4. The van der Waals surface area contributed by atoms with Crippen molar-refractivity contribution < 1.29 is 4.79 Å². The quantitative estimate of drug-likeness (QED) is 0.750. The number of carbonyl (C=O) groups excluding carboxylic acids is 1. The van der Waals surface area contributed by atoms with Crippen molar-refractivity contribution in [3.8, 4) is 6.07 Å². The first-order chi connectivity index (χ1) is 9.10. The molecule has 0 saturated carbocycles. The molecule has 1 atom stereocenters. The molecule has 1 amide bonds. The van der Waals surface area contributed by atoms with Crippen LogP contribution in [-0.4, -0.2) is 40.4 Å². The predicted molar refractivity (Wildman–Crippen MR) is 78.1 cm³/mol. The van der Waals surface area contributed by atoms with Crippen LogP contribution in [0, 0.1) is 11.3 Å². The van der Waals surface area contributed by atoms with E-state index >= 15 is 0 Å². The Labute approximate surface area is 118 Å². The van der Waals surface area contributed by atoms with Crippen molar-refractivity contribution in [2.24, 2.45) is 0 Å². The molecule has 0 radical (unpaired) electrons. The van der Waals surface area contributed by atoms with Gasteiger partial charge in [0, 0.05) is 19.3 Å². The number of nitriles is 1. The average Bonchev–Trinajstić information content (AvgIpc) is 2.46. The molecule has 0 spiro atoms. The molecular formula is C14H19N3OS. The third kappa shape index (κ3) is 4.56. The van der Waals surface area contributed by atoms with Crippen LogP contribution in [0.15, 0.2) is 18.3 Å². The minimum atomic E-state index is -0.0986. The summed E-state index contributed by atoms with van der Waals surface area (Å²) in [6.45, 7) is 4.17. The summed E-state index contributed by atoms with van der Waals surface area (Å²) in [6, 6.07) is 5.39. The Kier molecular flexibility index (Phi) is 6.37. The molecule has 0 aliphatic rings. The zero-order valence-corrected chi connectivity index (χ0v) is 12.4. The van der Waals surface area contributed by atoms with Gasteiger partial charge in [0.1, 0.15) is 11.8 Å². The summed E-state index contributed by atoms with van der Waals surface area (Å²) >= 11 is 1.88. The second kappa shape index (κ2) is 7.80. The Morgan fingerprint density at radius 2 is 2.32 bits per heavy atom. The summed E-state index contributed by atoms with van der Waals surface area (Å²) in [5.41, 5.74) is 0.850. The molecule has 0 saturated heterocycles. The van der Waals surface area contributed by atoms with Gasteiger partial charge in [-0.05, 0) is 37.0 Å². The van der Waals surface area contributed by atoms with Gasteiger partial charge < -0.3 is 4.90 Å². The number of thioether (sulfide) groups is 1. The van der Waals surface area contributed by atoms with Crippen LogP contribution in [0.3, 0.4) is 0 Å². The standard InChI is InChI=1S/C14H19N3OS/c1-4-19-8-7-11(2)17(3)14(18)13-6-5-12(9-15)10-16-13/h5-6,10-11H,4,7-8H2,1-3H3/t11-/m0/s1. The number of pyridine rings is 1. The van der Waals surface area contributed by atoms with E-state index in [2.05, 4.69) is 11.9 Å². The number of rotatable bonds is 6.